The third-order valence-electron chi connectivity index (χ3n) is 8.44. The van der Waals surface area contributed by atoms with Crippen LogP contribution in [-0.2, 0) is 6.42 Å². The first-order valence-electron chi connectivity index (χ1n) is 15.6. The van der Waals surface area contributed by atoms with Crippen molar-refractivity contribution in [1.82, 2.24) is 4.90 Å². The molecule has 0 radical (unpaired) electrons. The molecule has 0 saturated carbocycles. The lowest BCUT2D eigenvalue weighted by atomic mass is 9.98. The molecule has 0 saturated heterocycles. The smallest absolute Gasteiger partial charge is 0.266 e. The average Bonchev–Trinajstić information content (AvgIpc) is 3.41. The first-order chi connectivity index (χ1) is 21.9. The van der Waals surface area contributed by atoms with E-state index in [2.05, 4.69) is 32.6 Å². The number of hydrogen-bond donors (Lipinski definition) is 0. The van der Waals surface area contributed by atoms with Crippen molar-refractivity contribution in [3.8, 4) is 11.5 Å². The Balaban J connectivity index is 1.15. The van der Waals surface area contributed by atoms with Gasteiger partial charge in [-0.1, -0.05) is 12.1 Å². The number of benzene rings is 4. The number of fused-ring (bicyclic) bond motifs is 2. The van der Waals surface area contributed by atoms with E-state index in [4.69, 9.17) is 4.74 Å². The van der Waals surface area contributed by atoms with Crippen LogP contribution in [0.25, 0.3) is 0 Å². The van der Waals surface area contributed by atoms with Crippen LogP contribution >= 0.6 is 0 Å². The summed E-state index contributed by atoms with van der Waals surface area (Å²) in [5.74, 6) is -0.0767. The van der Waals surface area contributed by atoms with E-state index in [0.717, 1.165) is 16.8 Å². The quantitative estimate of drug-likeness (QED) is 0.181. The van der Waals surface area contributed by atoms with Gasteiger partial charge in [0.25, 0.3) is 23.6 Å². The van der Waals surface area contributed by atoms with Crippen LogP contribution in [0.4, 0.5) is 11.4 Å². The lowest BCUT2D eigenvalue weighted by molar-refractivity contribution is 0.0608. The van der Waals surface area contributed by atoms with Crippen molar-refractivity contribution in [2.45, 2.75) is 66.1 Å². The van der Waals surface area contributed by atoms with Crippen LogP contribution in [0.15, 0.2) is 84.9 Å². The van der Waals surface area contributed by atoms with Crippen molar-refractivity contribution in [3.05, 3.63) is 118 Å². The second-order valence-electron chi connectivity index (χ2n) is 12.6. The number of amides is 4. The normalized spacial score (nSPS) is 14.2. The van der Waals surface area contributed by atoms with Crippen molar-refractivity contribution in [3.63, 3.8) is 0 Å². The van der Waals surface area contributed by atoms with Gasteiger partial charge in [-0.15, -0.1) is 0 Å². The first kappa shape index (κ1) is 30.8. The number of nitrogens with zero attached hydrogens (tertiary/aromatic N) is 3. The van der Waals surface area contributed by atoms with Gasteiger partial charge < -0.3 is 9.64 Å². The summed E-state index contributed by atoms with van der Waals surface area (Å²) in [5.41, 5.74) is 4.70. The van der Waals surface area contributed by atoms with Gasteiger partial charge in [-0.3, -0.25) is 24.1 Å². The van der Waals surface area contributed by atoms with Crippen LogP contribution in [0.3, 0.4) is 0 Å². The number of hydrogen-bond acceptors (Lipinski definition) is 6. The molecule has 8 nitrogen and oxygen atoms in total. The van der Waals surface area contributed by atoms with Crippen LogP contribution in [-0.4, -0.2) is 46.7 Å². The monoisotopic (exact) mass is 615 g/mol. The Kier molecular flexibility index (Phi) is 7.98. The van der Waals surface area contributed by atoms with Crippen LogP contribution in [0.1, 0.15) is 94.1 Å². The largest absolute Gasteiger partial charge is 0.457 e. The molecule has 0 atom stereocenters. The molecule has 46 heavy (non-hydrogen) atoms. The predicted octanol–water partition coefficient (Wildman–Crippen LogP) is 7.50. The van der Waals surface area contributed by atoms with Crippen LogP contribution in [0.5, 0.6) is 11.5 Å². The van der Waals surface area contributed by atoms with Gasteiger partial charge in [-0.25, -0.2) is 4.90 Å². The van der Waals surface area contributed by atoms with E-state index in [9.17, 15) is 19.2 Å². The summed E-state index contributed by atoms with van der Waals surface area (Å²) in [7, 11) is 0. The summed E-state index contributed by atoms with van der Waals surface area (Å²) in [6.45, 7) is 12.3. The van der Waals surface area contributed by atoms with Crippen LogP contribution in [0.2, 0.25) is 0 Å². The van der Waals surface area contributed by atoms with E-state index < -0.39 is 5.91 Å². The molecule has 2 aliphatic rings. The lowest BCUT2D eigenvalue weighted by Gasteiger charge is -2.33. The maximum absolute atomic E-state index is 13.5. The Labute approximate surface area is 269 Å². The number of imide groups is 2. The van der Waals surface area contributed by atoms with Gasteiger partial charge in [-0.2, -0.15) is 0 Å². The summed E-state index contributed by atoms with van der Waals surface area (Å²) >= 11 is 0. The molecule has 0 bridgehead atoms. The summed E-state index contributed by atoms with van der Waals surface area (Å²) < 4.78 is 6.05. The standard InChI is InChI=1S/C38H37N3O5/c1-22(2)39(23(3)4)27-9-13-29(14-10-27)46-30-15-11-28(12-16-30)41-36(43)32-18-8-26(21-34(32)38(41)45)19-25-7-17-31-33(20-25)37(44)40(24(5)6)35(31)42/h7-18,20-24H,19H2,1-6H3. The minimum absolute atomic E-state index is 0.231. The van der Waals surface area contributed by atoms with Crippen molar-refractivity contribution in [2.75, 3.05) is 9.80 Å². The Morgan fingerprint density at radius 3 is 1.54 bits per heavy atom. The number of carbonyl (C=O) groups is 4. The molecule has 0 fully saturated rings. The molecular weight excluding hydrogens is 578 g/mol. The number of rotatable bonds is 9. The minimum atomic E-state index is -0.395. The molecular formula is C38H37N3O5. The molecule has 4 aromatic rings. The molecule has 234 valence electrons. The third-order valence-corrected chi connectivity index (χ3v) is 8.44. The van der Waals surface area contributed by atoms with Gasteiger partial charge in [0.1, 0.15) is 11.5 Å². The van der Waals surface area contributed by atoms with E-state index in [1.54, 1.807) is 48.5 Å². The predicted molar refractivity (Wildman–Crippen MR) is 178 cm³/mol. The van der Waals surface area contributed by atoms with E-state index in [-0.39, 0.29) is 23.8 Å². The summed E-state index contributed by atoms with van der Waals surface area (Å²) in [5, 5.41) is 0. The highest BCUT2D eigenvalue weighted by Crippen LogP contribution is 2.33. The fourth-order valence-corrected chi connectivity index (χ4v) is 6.43. The summed E-state index contributed by atoms with van der Waals surface area (Å²) in [6.07, 6.45) is 0.436. The van der Waals surface area contributed by atoms with Gasteiger partial charge in [0, 0.05) is 23.8 Å². The van der Waals surface area contributed by atoms with Gasteiger partial charge in [0.2, 0.25) is 0 Å². The number of carbonyl (C=O) groups excluding carboxylic acids is 4. The van der Waals surface area contributed by atoms with Crippen LogP contribution < -0.4 is 14.5 Å². The van der Waals surface area contributed by atoms with Gasteiger partial charge in [0.05, 0.1) is 27.9 Å². The molecule has 8 heteroatoms. The highest BCUT2D eigenvalue weighted by Gasteiger charge is 2.38. The first-order valence-corrected chi connectivity index (χ1v) is 15.6. The Morgan fingerprint density at radius 2 is 1.02 bits per heavy atom. The Morgan fingerprint density at radius 1 is 0.565 bits per heavy atom. The van der Waals surface area contributed by atoms with Gasteiger partial charge in [0.15, 0.2) is 0 Å². The van der Waals surface area contributed by atoms with E-state index in [1.807, 2.05) is 50.2 Å². The lowest BCUT2D eigenvalue weighted by Crippen LogP contribution is -2.36. The van der Waals surface area contributed by atoms with Crippen molar-refractivity contribution < 1.29 is 23.9 Å². The second kappa shape index (κ2) is 11.9. The minimum Gasteiger partial charge on any atom is -0.457 e. The zero-order valence-corrected chi connectivity index (χ0v) is 26.9. The molecule has 0 spiro atoms. The van der Waals surface area contributed by atoms with Crippen molar-refractivity contribution in [1.29, 1.82) is 0 Å². The molecule has 4 amide bonds. The number of ether oxygens (including phenoxy) is 1. The van der Waals surface area contributed by atoms with Crippen molar-refractivity contribution >= 4 is 35.0 Å². The highest BCUT2D eigenvalue weighted by molar-refractivity contribution is 6.34. The Bertz CT molecular complexity index is 1850. The topological polar surface area (TPSA) is 87.2 Å². The van der Waals surface area contributed by atoms with Crippen molar-refractivity contribution in [2.24, 2.45) is 0 Å². The molecule has 6 rings (SSSR count). The SMILES string of the molecule is CC(C)N1C(=O)c2ccc(Cc3ccc4c(c3)C(=O)N(c3ccc(Oc5ccc(N(C(C)C)C(C)C)cc5)cc3)C4=O)cc2C1=O. The summed E-state index contributed by atoms with van der Waals surface area (Å²) in [6, 6.07) is 25.8. The zero-order chi connectivity index (χ0) is 32.9. The molecule has 2 aliphatic heterocycles. The third kappa shape index (κ3) is 5.44. The summed E-state index contributed by atoms with van der Waals surface area (Å²) in [4.78, 5) is 57.1. The molecule has 0 unspecified atom stereocenters. The fraction of sp³-hybridized carbons (Fsp3) is 0.263. The molecule has 4 aromatic carbocycles. The molecule has 0 N–H and O–H groups in total. The highest BCUT2D eigenvalue weighted by atomic mass is 16.5. The molecule has 2 heterocycles. The molecule has 0 aromatic heterocycles. The average molecular weight is 616 g/mol. The maximum Gasteiger partial charge on any atom is 0.266 e. The number of anilines is 2. The van der Waals surface area contributed by atoms with E-state index in [1.165, 1.54) is 9.80 Å². The second-order valence-corrected chi connectivity index (χ2v) is 12.6. The maximum atomic E-state index is 13.5. The van der Waals surface area contributed by atoms with Gasteiger partial charge >= 0.3 is 0 Å². The zero-order valence-electron chi connectivity index (χ0n) is 26.9. The van der Waals surface area contributed by atoms with Crippen LogP contribution in [0, 0.1) is 0 Å². The Hall–Kier alpha value is -5.24. The van der Waals surface area contributed by atoms with E-state index >= 15 is 0 Å². The molecule has 0 aliphatic carbocycles. The van der Waals surface area contributed by atoms with E-state index in [0.29, 0.717) is 57.9 Å². The van der Waals surface area contributed by atoms with Gasteiger partial charge in [-0.05, 0) is 132 Å². The fourth-order valence-electron chi connectivity index (χ4n) is 6.43.